The van der Waals surface area contributed by atoms with Crippen molar-refractivity contribution in [3.63, 3.8) is 0 Å². The van der Waals surface area contributed by atoms with Gasteiger partial charge in [0.25, 0.3) is 5.91 Å². The minimum absolute atomic E-state index is 0.0357. The number of piperidine rings is 1. The molecule has 7 heteroatoms. The summed E-state index contributed by atoms with van der Waals surface area (Å²) in [6.07, 6.45) is 3.20. The molecule has 6 nitrogen and oxygen atoms in total. The number of carbonyl (C=O) groups excluding carboxylic acids is 2. The Labute approximate surface area is 144 Å². The number of hydrogen-bond acceptors (Lipinski definition) is 4. The lowest BCUT2D eigenvalue weighted by Crippen LogP contribution is -2.47. The van der Waals surface area contributed by atoms with Crippen molar-refractivity contribution in [1.82, 2.24) is 15.2 Å². The third-order valence-electron chi connectivity index (χ3n) is 4.05. The molecule has 1 aliphatic heterocycles. The summed E-state index contributed by atoms with van der Waals surface area (Å²) < 4.78 is 0. The molecular formula is C17H20N4O2S. The number of carbonyl (C=O) groups is 2. The first-order valence-corrected chi connectivity index (χ1v) is 8.88. The number of rotatable bonds is 3. The van der Waals surface area contributed by atoms with Gasteiger partial charge < -0.3 is 15.5 Å². The highest BCUT2D eigenvalue weighted by atomic mass is 32.1. The Morgan fingerprint density at radius 1 is 1.29 bits per heavy atom. The summed E-state index contributed by atoms with van der Waals surface area (Å²) >= 11 is 1.51. The average molecular weight is 344 g/mol. The van der Waals surface area contributed by atoms with Crippen LogP contribution in [0.1, 0.15) is 28.9 Å². The number of nitrogens with one attached hydrogen (secondary N) is 2. The average Bonchev–Trinajstić information content (AvgIpc) is 3.10. The van der Waals surface area contributed by atoms with E-state index in [0.29, 0.717) is 18.7 Å². The van der Waals surface area contributed by atoms with Crippen molar-refractivity contribution >= 4 is 29.0 Å². The number of amides is 3. The maximum atomic E-state index is 12.3. The zero-order chi connectivity index (χ0) is 16.9. The maximum Gasteiger partial charge on any atom is 0.321 e. The molecule has 0 radical (unpaired) electrons. The van der Waals surface area contributed by atoms with Crippen molar-refractivity contribution < 1.29 is 9.59 Å². The predicted molar refractivity (Wildman–Crippen MR) is 94.4 cm³/mol. The van der Waals surface area contributed by atoms with Crippen LogP contribution in [0.15, 0.2) is 35.2 Å². The molecule has 3 rings (SSSR count). The number of nitrogens with zero attached hydrogens (tertiary/aromatic N) is 2. The van der Waals surface area contributed by atoms with Gasteiger partial charge in [0.1, 0.15) is 0 Å². The molecule has 3 amide bonds. The first kappa shape index (κ1) is 16.4. The Morgan fingerprint density at radius 3 is 2.75 bits per heavy atom. The molecule has 0 aliphatic carbocycles. The normalized spacial score (nSPS) is 15.1. The second kappa shape index (κ2) is 7.44. The van der Waals surface area contributed by atoms with Gasteiger partial charge in [-0.2, -0.15) is 11.3 Å². The Bertz CT molecular complexity index is 709. The third kappa shape index (κ3) is 4.11. The molecule has 0 bridgehead atoms. The van der Waals surface area contributed by atoms with E-state index in [9.17, 15) is 9.59 Å². The van der Waals surface area contributed by atoms with Crippen LogP contribution in [0.4, 0.5) is 10.5 Å². The number of hydrogen-bond donors (Lipinski definition) is 2. The molecule has 1 aliphatic rings. The Morgan fingerprint density at radius 2 is 2.08 bits per heavy atom. The highest BCUT2D eigenvalue weighted by Gasteiger charge is 2.24. The zero-order valence-corrected chi connectivity index (χ0v) is 14.3. The van der Waals surface area contributed by atoms with Gasteiger partial charge >= 0.3 is 6.03 Å². The maximum absolute atomic E-state index is 12.3. The van der Waals surface area contributed by atoms with E-state index in [2.05, 4.69) is 15.6 Å². The van der Waals surface area contributed by atoms with Gasteiger partial charge in [-0.1, -0.05) is 0 Å². The summed E-state index contributed by atoms with van der Waals surface area (Å²) in [5, 5.41) is 9.66. The first-order chi connectivity index (χ1) is 11.6. The van der Waals surface area contributed by atoms with Crippen LogP contribution >= 0.6 is 11.3 Å². The van der Waals surface area contributed by atoms with Crippen molar-refractivity contribution in [1.29, 1.82) is 0 Å². The number of urea groups is 1. The number of thiophene rings is 1. The topological polar surface area (TPSA) is 74.3 Å². The van der Waals surface area contributed by atoms with Crippen molar-refractivity contribution in [3.05, 3.63) is 46.4 Å². The van der Waals surface area contributed by atoms with Crippen molar-refractivity contribution in [2.75, 3.05) is 18.4 Å². The van der Waals surface area contributed by atoms with Gasteiger partial charge in [-0.05, 0) is 43.3 Å². The Kier molecular flexibility index (Phi) is 5.10. The quantitative estimate of drug-likeness (QED) is 0.899. The SMILES string of the molecule is Cc1cc(NC(=O)N2CCC(NC(=O)c3ccsc3)CC2)ccn1. The minimum Gasteiger partial charge on any atom is -0.349 e. The van der Waals surface area contributed by atoms with Gasteiger partial charge in [-0.25, -0.2) is 4.79 Å². The fourth-order valence-electron chi connectivity index (χ4n) is 2.72. The minimum atomic E-state index is -0.108. The molecule has 0 atom stereocenters. The molecule has 24 heavy (non-hydrogen) atoms. The number of anilines is 1. The third-order valence-corrected chi connectivity index (χ3v) is 4.73. The molecule has 1 fully saturated rings. The number of aromatic nitrogens is 1. The van der Waals surface area contributed by atoms with E-state index in [1.807, 2.05) is 29.8 Å². The molecule has 2 aromatic rings. The van der Waals surface area contributed by atoms with Crippen LogP contribution in [0.2, 0.25) is 0 Å². The molecule has 0 spiro atoms. The summed E-state index contributed by atoms with van der Waals surface area (Å²) in [6, 6.07) is 5.44. The molecule has 0 unspecified atom stereocenters. The van der Waals surface area contributed by atoms with E-state index >= 15 is 0 Å². The summed E-state index contributed by atoms with van der Waals surface area (Å²) in [7, 11) is 0. The largest absolute Gasteiger partial charge is 0.349 e. The van der Waals surface area contributed by atoms with E-state index in [4.69, 9.17) is 0 Å². The van der Waals surface area contributed by atoms with E-state index in [0.717, 1.165) is 24.2 Å². The van der Waals surface area contributed by atoms with Crippen LogP contribution in [0.3, 0.4) is 0 Å². The second-order valence-electron chi connectivity index (χ2n) is 5.86. The summed E-state index contributed by atoms with van der Waals surface area (Å²) in [6.45, 7) is 3.15. The standard InChI is InChI=1S/C17H20N4O2S/c1-12-10-15(2-6-18-12)20-17(23)21-7-3-14(4-8-21)19-16(22)13-5-9-24-11-13/h2,5-6,9-11,14H,3-4,7-8H2,1H3,(H,19,22)(H,18,20,23). The summed E-state index contributed by atoms with van der Waals surface area (Å²) in [4.78, 5) is 30.3. The molecule has 1 saturated heterocycles. The molecular weight excluding hydrogens is 324 g/mol. The van der Waals surface area contributed by atoms with Crippen LogP contribution < -0.4 is 10.6 Å². The summed E-state index contributed by atoms with van der Waals surface area (Å²) in [5.41, 5.74) is 2.32. The Hall–Kier alpha value is -2.41. The van der Waals surface area contributed by atoms with Crippen molar-refractivity contribution in [2.24, 2.45) is 0 Å². The first-order valence-electron chi connectivity index (χ1n) is 7.93. The van der Waals surface area contributed by atoms with Crippen LogP contribution in [0.5, 0.6) is 0 Å². The molecule has 2 aromatic heterocycles. The molecule has 3 heterocycles. The lowest BCUT2D eigenvalue weighted by molar-refractivity contribution is 0.0919. The van der Waals surface area contributed by atoms with Gasteiger partial charge in [-0.15, -0.1) is 0 Å². The number of aryl methyl sites for hydroxylation is 1. The van der Waals surface area contributed by atoms with E-state index in [1.165, 1.54) is 11.3 Å². The van der Waals surface area contributed by atoms with Gasteiger partial charge in [0, 0.05) is 47.7 Å². The van der Waals surface area contributed by atoms with Gasteiger partial charge in [0.2, 0.25) is 0 Å². The van der Waals surface area contributed by atoms with Crippen molar-refractivity contribution in [3.8, 4) is 0 Å². The van der Waals surface area contributed by atoms with Crippen LogP contribution in [0.25, 0.3) is 0 Å². The zero-order valence-electron chi connectivity index (χ0n) is 13.5. The highest BCUT2D eigenvalue weighted by Crippen LogP contribution is 2.15. The predicted octanol–water partition coefficient (Wildman–Crippen LogP) is 2.88. The smallest absolute Gasteiger partial charge is 0.321 e. The van der Waals surface area contributed by atoms with Gasteiger partial charge in [0.05, 0.1) is 0 Å². The number of pyridine rings is 1. The fourth-order valence-corrected chi connectivity index (χ4v) is 3.35. The van der Waals surface area contributed by atoms with Crippen LogP contribution in [0, 0.1) is 6.92 Å². The highest BCUT2D eigenvalue weighted by molar-refractivity contribution is 7.08. The van der Waals surface area contributed by atoms with Crippen LogP contribution in [-0.2, 0) is 0 Å². The summed E-state index contributed by atoms with van der Waals surface area (Å²) in [5.74, 6) is -0.0357. The molecule has 0 aromatic carbocycles. The lowest BCUT2D eigenvalue weighted by Gasteiger charge is -2.32. The number of likely N-dealkylation sites (tertiary alicyclic amines) is 1. The van der Waals surface area contributed by atoms with E-state index in [1.54, 1.807) is 17.2 Å². The van der Waals surface area contributed by atoms with E-state index in [-0.39, 0.29) is 18.0 Å². The molecule has 2 N–H and O–H groups in total. The Balaban J connectivity index is 1.48. The molecule has 126 valence electrons. The van der Waals surface area contributed by atoms with Crippen molar-refractivity contribution in [2.45, 2.75) is 25.8 Å². The van der Waals surface area contributed by atoms with Gasteiger partial charge in [-0.3, -0.25) is 9.78 Å². The fraction of sp³-hybridized carbons (Fsp3) is 0.353. The molecule has 0 saturated carbocycles. The second-order valence-corrected chi connectivity index (χ2v) is 6.64. The lowest BCUT2D eigenvalue weighted by atomic mass is 10.0. The van der Waals surface area contributed by atoms with E-state index < -0.39 is 0 Å². The van der Waals surface area contributed by atoms with Gasteiger partial charge in [0.15, 0.2) is 0 Å². The van der Waals surface area contributed by atoms with Crippen LogP contribution in [-0.4, -0.2) is 41.0 Å². The monoisotopic (exact) mass is 344 g/mol.